The second kappa shape index (κ2) is 7.63. The number of anilines is 1. The van der Waals surface area contributed by atoms with Crippen molar-refractivity contribution in [1.29, 1.82) is 0 Å². The van der Waals surface area contributed by atoms with Gasteiger partial charge in [0, 0.05) is 12.1 Å². The van der Waals surface area contributed by atoms with Gasteiger partial charge in [0.1, 0.15) is 11.6 Å². The molecule has 7 nitrogen and oxygen atoms in total. The highest BCUT2D eigenvalue weighted by molar-refractivity contribution is 6.34. The molecule has 0 spiro atoms. The molecule has 0 aliphatic carbocycles. The molecular formula is C18H16ClFN4O3. The first-order valence-electron chi connectivity index (χ1n) is 7.85. The van der Waals surface area contributed by atoms with E-state index in [1.54, 1.807) is 25.1 Å². The lowest BCUT2D eigenvalue weighted by Gasteiger charge is -2.11. The number of rotatable bonds is 5. The smallest absolute Gasteiger partial charge is 0.295 e. The lowest BCUT2D eigenvalue weighted by molar-refractivity contribution is 0.101. The zero-order valence-corrected chi connectivity index (χ0v) is 15.5. The van der Waals surface area contributed by atoms with Gasteiger partial charge in [-0.25, -0.2) is 14.1 Å². The fraction of sp³-hybridized carbons (Fsp3) is 0.167. The summed E-state index contributed by atoms with van der Waals surface area (Å²) in [5.74, 6) is 0.367. The minimum absolute atomic E-state index is 0.0531. The van der Waals surface area contributed by atoms with Crippen molar-refractivity contribution in [3.05, 3.63) is 58.9 Å². The predicted octanol–water partition coefficient (Wildman–Crippen LogP) is 3.64. The van der Waals surface area contributed by atoms with Crippen molar-refractivity contribution in [1.82, 2.24) is 14.8 Å². The van der Waals surface area contributed by atoms with Crippen LogP contribution in [0.25, 0.3) is 5.69 Å². The molecule has 0 aliphatic rings. The monoisotopic (exact) mass is 390 g/mol. The highest BCUT2D eigenvalue weighted by Crippen LogP contribution is 2.36. The van der Waals surface area contributed by atoms with E-state index in [-0.39, 0.29) is 16.7 Å². The Labute approximate surface area is 159 Å². The first kappa shape index (κ1) is 18.7. The van der Waals surface area contributed by atoms with Gasteiger partial charge in [0.2, 0.25) is 5.82 Å². The fourth-order valence-electron chi connectivity index (χ4n) is 2.44. The van der Waals surface area contributed by atoms with Crippen LogP contribution < -0.4 is 14.8 Å². The van der Waals surface area contributed by atoms with Crippen LogP contribution in [-0.4, -0.2) is 34.9 Å². The molecule has 3 aromatic rings. The summed E-state index contributed by atoms with van der Waals surface area (Å²) in [7, 11) is 2.97. The number of halogens is 2. The number of aromatic nitrogens is 3. The lowest BCUT2D eigenvalue weighted by atomic mass is 10.2. The molecule has 140 valence electrons. The number of carbonyl (C=O) groups excluding carboxylic acids is 1. The lowest BCUT2D eigenvalue weighted by Crippen LogP contribution is -2.14. The molecule has 0 radical (unpaired) electrons. The molecule has 0 unspecified atom stereocenters. The maximum atomic E-state index is 13.1. The third kappa shape index (κ3) is 3.85. The molecule has 0 fully saturated rings. The van der Waals surface area contributed by atoms with Gasteiger partial charge in [-0.3, -0.25) is 4.79 Å². The van der Waals surface area contributed by atoms with Crippen LogP contribution in [0.5, 0.6) is 11.5 Å². The van der Waals surface area contributed by atoms with E-state index in [0.717, 1.165) is 0 Å². The van der Waals surface area contributed by atoms with Crippen LogP contribution in [0.3, 0.4) is 0 Å². The Kier molecular flexibility index (Phi) is 5.27. The first-order valence-corrected chi connectivity index (χ1v) is 8.23. The number of ether oxygens (including phenoxy) is 2. The van der Waals surface area contributed by atoms with Crippen molar-refractivity contribution in [3.63, 3.8) is 0 Å². The number of hydrogen-bond acceptors (Lipinski definition) is 5. The third-order valence-electron chi connectivity index (χ3n) is 3.76. The largest absolute Gasteiger partial charge is 0.493 e. The molecule has 0 atom stereocenters. The maximum Gasteiger partial charge on any atom is 0.295 e. The van der Waals surface area contributed by atoms with Crippen LogP contribution in [0.15, 0.2) is 36.4 Å². The SMILES string of the molecule is COc1cc(Cl)c(NC(=O)c2nc(C)n(-c3ccc(F)cc3)n2)cc1OC. The van der Waals surface area contributed by atoms with Gasteiger partial charge in [0.05, 0.1) is 30.6 Å². The summed E-state index contributed by atoms with van der Waals surface area (Å²) in [5, 5.41) is 7.11. The Morgan fingerprint density at radius 2 is 1.78 bits per heavy atom. The Morgan fingerprint density at radius 1 is 1.15 bits per heavy atom. The van der Waals surface area contributed by atoms with E-state index in [0.29, 0.717) is 28.7 Å². The quantitative estimate of drug-likeness (QED) is 0.719. The van der Waals surface area contributed by atoms with E-state index in [2.05, 4.69) is 15.4 Å². The maximum absolute atomic E-state index is 13.1. The average Bonchev–Trinajstić information content (AvgIpc) is 3.05. The van der Waals surface area contributed by atoms with Crippen LogP contribution in [0.2, 0.25) is 5.02 Å². The van der Waals surface area contributed by atoms with Crippen molar-refractivity contribution in [2.75, 3.05) is 19.5 Å². The molecule has 1 aromatic heterocycles. The number of hydrogen-bond donors (Lipinski definition) is 1. The molecule has 1 amide bonds. The molecule has 0 aliphatic heterocycles. The van der Waals surface area contributed by atoms with E-state index >= 15 is 0 Å². The number of carbonyl (C=O) groups is 1. The summed E-state index contributed by atoms with van der Waals surface area (Å²) in [4.78, 5) is 16.7. The van der Waals surface area contributed by atoms with Gasteiger partial charge in [-0.1, -0.05) is 11.6 Å². The fourth-order valence-corrected chi connectivity index (χ4v) is 2.64. The summed E-state index contributed by atoms with van der Waals surface area (Å²) in [5.41, 5.74) is 0.916. The molecular weight excluding hydrogens is 375 g/mol. The molecule has 1 heterocycles. The number of nitrogens with one attached hydrogen (secondary N) is 1. The minimum Gasteiger partial charge on any atom is -0.493 e. The van der Waals surface area contributed by atoms with Crippen molar-refractivity contribution < 1.29 is 18.7 Å². The number of benzene rings is 2. The van der Waals surface area contributed by atoms with Gasteiger partial charge in [-0.2, -0.15) is 0 Å². The van der Waals surface area contributed by atoms with E-state index in [9.17, 15) is 9.18 Å². The molecule has 2 aromatic carbocycles. The summed E-state index contributed by atoms with van der Waals surface area (Å²) < 4.78 is 24.9. The van der Waals surface area contributed by atoms with E-state index in [1.165, 1.54) is 37.1 Å². The normalized spacial score (nSPS) is 10.6. The van der Waals surface area contributed by atoms with Crippen LogP contribution in [0.1, 0.15) is 16.4 Å². The summed E-state index contributed by atoms with van der Waals surface area (Å²) in [6.07, 6.45) is 0. The second-order valence-electron chi connectivity index (χ2n) is 5.51. The highest BCUT2D eigenvalue weighted by Gasteiger charge is 2.18. The standard InChI is InChI=1S/C18H16ClFN4O3/c1-10-21-17(23-24(10)12-6-4-11(20)5-7-12)18(25)22-14-9-16(27-3)15(26-2)8-13(14)19/h4-9H,1-3H3,(H,22,25). The Bertz CT molecular complexity index is 989. The summed E-state index contributed by atoms with van der Waals surface area (Å²) in [6.45, 7) is 1.69. The zero-order valence-electron chi connectivity index (χ0n) is 14.8. The topological polar surface area (TPSA) is 78.3 Å². The average molecular weight is 391 g/mol. The molecule has 1 N–H and O–H groups in total. The van der Waals surface area contributed by atoms with Crippen LogP contribution in [-0.2, 0) is 0 Å². The number of methoxy groups -OCH3 is 2. The number of aryl methyl sites for hydroxylation is 1. The Morgan fingerprint density at radius 3 is 2.41 bits per heavy atom. The molecule has 0 bridgehead atoms. The van der Waals surface area contributed by atoms with Crippen LogP contribution >= 0.6 is 11.6 Å². The number of amides is 1. The van der Waals surface area contributed by atoms with E-state index < -0.39 is 5.91 Å². The number of nitrogens with zero attached hydrogens (tertiary/aromatic N) is 3. The van der Waals surface area contributed by atoms with Crippen LogP contribution in [0, 0.1) is 12.7 Å². The predicted molar refractivity (Wildman–Crippen MR) is 98.6 cm³/mol. The molecule has 9 heteroatoms. The molecule has 0 saturated heterocycles. The van der Waals surface area contributed by atoms with Crippen molar-refractivity contribution in [2.45, 2.75) is 6.92 Å². The van der Waals surface area contributed by atoms with Gasteiger partial charge in [0.15, 0.2) is 11.5 Å². The Hall–Kier alpha value is -3.13. The molecule has 0 saturated carbocycles. The van der Waals surface area contributed by atoms with Gasteiger partial charge in [0.25, 0.3) is 5.91 Å². The van der Waals surface area contributed by atoms with Gasteiger partial charge < -0.3 is 14.8 Å². The first-order chi connectivity index (χ1) is 12.9. The third-order valence-corrected chi connectivity index (χ3v) is 4.08. The van der Waals surface area contributed by atoms with E-state index in [1.807, 2.05) is 0 Å². The molecule has 27 heavy (non-hydrogen) atoms. The van der Waals surface area contributed by atoms with Crippen molar-refractivity contribution in [2.24, 2.45) is 0 Å². The van der Waals surface area contributed by atoms with Crippen LogP contribution in [0.4, 0.5) is 10.1 Å². The molecule has 3 rings (SSSR count). The van der Waals surface area contributed by atoms with Crippen molar-refractivity contribution >= 4 is 23.2 Å². The van der Waals surface area contributed by atoms with E-state index in [4.69, 9.17) is 21.1 Å². The second-order valence-corrected chi connectivity index (χ2v) is 5.92. The minimum atomic E-state index is -0.548. The van der Waals surface area contributed by atoms with Gasteiger partial charge in [-0.15, -0.1) is 5.10 Å². The van der Waals surface area contributed by atoms with Gasteiger partial charge in [-0.05, 0) is 31.2 Å². The zero-order chi connectivity index (χ0) is 19.6. The van der Waals surface area contributed by atoms with Crippen molar-refractivity contribution in [3.8, 4) is 17.2 Å². The summed E-state index contributed by atoms with van der Waals surface area (Å²) >= 11 is 6.18. The highest BCUT2D eigenvalue weighted by atomic mass is 35.5. The Balaban J connectivity index is 1.87. The summed E-state index contributed by atoms with van der Waals surface area (Å²) in [6, 6.07) is 8.78. The van der Waals surface area contributed by atoms with Gasteiger partial charge >= 0.3 is 0 Å².